The van der Waals surface area contributed by atoms with E-state index in [1.54, 1.807) is 28.4 Å². The maximum atomic E-state index is 14.2. The molecule has 0 atom stereocenters. The van der Waals surface area contributed by atoms with Crippen molar-refractivity contribution in [2.24, 2.45) is 4.99 Å². The van der Waals surface area contributed by atoms with Crippen LogP contribution in [0.2, 0.25) is 5.15 Å². The van der Waals surface area contributed by atoms with E-state index in [2.05, 4.69) is 198 Å². The van der Waals surface area contributed by atoms with Gasteiger partial charge in [0.15, 0.2) is 0 Å². The smallest absolute Gasteiger partial charge is 0.266 e. The molecule has 0 radical (unpaired) electrons. The van der Waals surface area contributed by atoms with Gasteiger partial charge in [0.1, 0.15) is 56.5 Å². The molecule has 0 amide bonds. The Labute approximate surface area is 694 Å². The molecular formula is C96H91Cl2F6N11O3. The molecule has 1 N–H and O–H groups in total. The summed E-state index contributed by atoms with van der Waals surface area (Å²) >= 11 is 6.36. The van der Waals surface area contributed by atoms with Gasteiger partial charge in [-0.05, 0) is 165 Å². The van der Waals surface area contributed by atoms with Crippen molar-refractivity contribution in [2.45, 2.75) is 115 Å². The molecule has 14 aromatic rings. The minimum Gasteiger partial charge on any atom is -0.491 e. The number of hydrogen-bond acceptors (Lipinski definition) is 12. The first-order valence-electron chi connectivity index (χ1n) is 39.5. The SMILES string of the molecule is CC(C)Oc1ccc2c(c1)C(c1ccnc(N3CCC(F)(F)C3)c1)=NC2.CC(C)Oc1ccc2c(c1)c(-c1ccnc(Cl)c1)nn2C(c1ccccc1)(c1ccccc1)c1ccccc1.CC(C)Oc1ccc2c(c1)c(-c1ccnc(N3CCC(F)(F)C3)c1)nn2C(c1ccccc1)(c1ccccc1)c1ccccc1.Cl.FC1(F)CCNC1. The summed E-state index contributed by atoms with van der Waals surface area (Å²) in [7, 11) is 0. The van der Waals surface area contributed by atoms with Crippen LogP contribution in [0.25, 0.3) is 44.3 Å². The van der Waals surface area contributed by atoms with Gasteiger partial charge < -0.3 is 29.3 Å². The molecule has 0 saturated carbocycles. The van der Waals surface area contributed by atoms with E-state index in [9.17, 15) is 26.3 Å². The van der Waals surface area contributed by atoms with Crippen molar-refractivity contribution >= 4 is 63.2 Å². The van der Waals surface area contributed by atoms with Gasteiger partial charge in [-0.3, -0.25) is 4.99 Å². The van der Waals surface area contributed by atoms with Gasteiger partial charge in [-0.1, -0.05) is 200 Å². The summed E-state index contributed by atoms with van der Waals surface area (Å²) in [5, 5.41) is 15.7. The van der Waals surface area contributed by atoms with Gasteiger partial charge in [-0.15, -0.1) is 12.4 Å². The van der Waals surface area contributed by atoms with Crippen LogP contribution >= 0.6 is 24.0 Å². The van der Waals surface area contributed by atoms with E-state index in [4.69, 9.17) is 36.0 Å². The average Bonchev–Trinajstić information content (AvgIpc) is 1.46. The van der Waals surface area contributed by atoms with Crippen LogP contribution < -0.4 is 29.3 Å². The molecule has 0 aliphatic carbocycles. The highest BCUT2D eigenvalue weighted by Gasteiger charge is 2.45. The Hall–Kier alpha value is -11.8. The summed E-state index contributed by atoms with van der Waals surface area (Å²) in [4.78, 5) is 20.9. The maximum Gasteiger partial charge on any atom is 0.266 e. The zero-order valence-corrected chi connectivity index (χ0v) is 67.8. The summed E-state index contributed by atoms with van der Waals surface area (Å²) in [6.45, 7) is 12.9. The standard InChI is InChI=1S/C38H34F2N4O.C34H28ClN3O.C20H21F2N3O.C4H7F2N.ClH/c1-27(2)45-32-18-19-34-33(25-32)36(28-20-22-41-35(24-28)43-23-21-37(39,40)26-43)42-44(34)38(29-12-6-3-7-13-29,30-14-8-4-9-15-30)31-16-10-5-11-17-31;1-24(2)39-29-18-19-31-30(23-29)33(25-20-21-36-32(35)22-25)37-38(31)34(26-12-6-3-7-13-26,27-14-8-4-9-15-27)28-16-10-5-11-17-28;1-13(2)26-16-4-3-15-11-24-19(17(15)10-16)14-5-7-23-18(9-14)25-8-6-20(21,22)12-25;5-4(6)1-2-7-3-4;/h3-20,22,24-25,27H,21,23,26H2,1-2H3;3-24H,1-2H3;3-5,7,9-10,13H,6,8,11-12H2,1-2H3;7H,1-3H2;1H. The highest BCUT2D eigenvalue weighted by molar-refractivity contribution is 6.29. The number of nitrogens with zero attached hydrogens (tertiary/aromatic N) is 10. The predicted octanol–water partition coefficient (Wildman–Crippen LogP) is 22.1. The molecule has 14 nitrogen and oxygen atoms in total. The predicted molar refractivity (Wildman–Crippen MR) is 461 cm³/mol. The Morgan fingerprint density at radius 3 is 1.12 bits per heavy atom. The summed E-state index contributed by atoms with van der Waals surface area (Å²) in [5.74, 6) is -4.36. The monoisotopic (exact) mass is 1630 g/mol. The zero-order chi connectivity index (χ0) is 81.5. The van der Waals surface area contributed by atoms with Gasteiger partial charge >= 0.3 is 0 Å². The number of halogens is 8. The van der Waals surface area contributed by atoms with E-state index in [1.165, 1.54) is 0 Å². The van der Waals surface area contributed by atoms with E-state index in [0.29, 0.717) is 36.4 Å². The minimum absolute atomic E-state index is 0. The summed E-state index contributed by atoms with van der Waals surface area (Å²) in [6.07, 6.45) is 4.90. The van der Waals surface area contributed by atoms with E-state index >= 15 is 0 Å². The first-order chi connectivity index (χ1) is 56.5. The number of alkyl halides is 6. The lowest BCUT2D eigenvalue weighted by Gasteiger charge is -2.37. The lowest BCUT2D eigenvalue weighted by Crippen LogP contribution is -2.38. The Morgan fingerprint density at radius 1 is 0.407 bits per heavy atom. The van der Waals surface area contributed by atoms with Crippen LogP contribution in [0.5, 0.6) is 17.2 Å². The van der Waals surface area contributed by atoms with E-state index in [0.717, 1.165) is 117 Å². The van der Waals surface area contributed by atoms with Crippen LogP contribution in [-0.2, 0) is 17.6 Å². The van der Waals surface area contributed by atoms with Crippen molar-refractivity contribution in [1.29, 1.82) is 0 Å². The second-order valence-electron chi connectivity index (χ2n) is 30.5. The van der Waals surface area contributed by atoms with Crippen LogP contribution in [-0.4, -0.2) is 116 Å². The zero-order valence-electron chi connectivity index (χ0n) is 66.3. The third-order valence-electron chi connectivity index (χ3n) is 21.0. The molecule has 604 valence electrons. The Kier molecular flexibility index (Phi) is 24.9. The molecule has 3 fully saturated rings. The van der Waals surface area contributed by atoms with Gasteiger partial charge in [0.25, 0.3) is 17.8 Å². The lowest BCUT2D eigenvalue weighted by molar-refractivity contribution is 0.0234. The Balaban J connectivity index is 0.000000143. The van der Waals surface area contributed by atoms with Crippen molar-refractivity contribution in [3.63, 3.8) is 0 Å². The molecule has 18 rings (SSSR count). The molecule has 0 bridgehead atoms. The number of fused-ring (bicyclic) bond motifs is 3. The van der Waals surface area contributed by atoms with Crippen molar-refractivity contribution in [3.8, 4) is 39.8 Å². The maximum absolute atomic E-state index is 14.2. The highest BCUT2D eigenvalue weighted by atomic mass is 35.5. The Morgan fingerprint density at radius 2 is 0.771 bits per heavy atom. The van der Waals surface area contributed by atoms with Crippen LogP contribution in [0.1, 0.15) is 111 Å². The summed E-state index contributed by atoms with van der Waals surface area (Å²) < 4.78 is 101. The van der Waals surface area contributed by atoms with Crippen LogP contribution in [0, 0.1) is 0 Å². The largest absolute Gasteiger partial charge is 0.491 e. The number of benzene rings is 9. The molecule has 0 unspecified atom stereocenters. The van der Waals surface area contributed by atoms with Gasteiger partial charge in [-0.25, -0.2) is 50.7 Å². The number of rotatable bonds is 19. The number of ether oxygens (including phenoxy) is 3. The number of hydrogen-bond donors (Lipinski definition) is 1. The van der Waals surface area contributed by atoms with Gasteiger partial charge in [0, 0.05) is 90.5 Å². The normalized spacial score (nSPS) is 15.2. The number of aromatic nitrogens is 7. The van der Waals surface area contributed by atoms with E-state index in [1.807, 2.05) is 151 Å². The fraction of sp³-hybridized carbons (Fsp3) is 0.250. The molecule has 5 aromatic heterocycles. The highest BCUT2D eigenvalue weighted by Crippen LogP contribution is 2.48. The molecule has 22 heteroatoms. The van der Waals surface area contributed by atoms with E-state index < -0.39 is 28.8 Å². The third kappa shape index (κ3) is 17.9. The lowest BCUT2D eigenvalue weighted by atomic mass is 9.77. The number of pyridine rings is 3. The fourth-order valence-electron chi connectivity index (χ4n) is 15.9. The average molecular weight is 1630 g/mol. The first kappa shape index (κ1) is 82.7. The molecule has 9 heterocycles. The quantitative estimate of drug-likeness (QED) is 0.0471. The number of nitrogens with one attached hydrogen (secondary N) is 1. The molecule has 4 aliphatic heterocycles. The second-order valence-corrected chi connectivity index (χ2v) is 30.9. The van der Waals surface area contributed by atoms with Crippen molar-refractivity contribution < 1.29 is 40.6 Å². The molecule has 4 aliphatic rings. The van der Waals surface area contributed by atoms with Crippen molar-refractivity contribution in [1.82, 2.24) is 39.8 Å². The topological polar surface area (TPSA) is 133 Å². The van der Waals surface area contributed by atoms with Gasteiger partial charge in [-0.2, -0.15) is 10.2 Å². The van der Waals surface area contributed by atoms with Crippen LogP contribution in [0.4, 0.5) is 38.0 Å². The molecule has 118 heavy (non-hydrogen) atoms. The van der Waals surface area contributed by atoms with Crippen LogP contribution in [0.3, 0.4) is 0 Å². The molecule has 3 saturated heterocycles. The molecular weight excluding hydrogens is 1540 g/mol. The van der Waals surface area contributed by atoms with Gasteiger partial charge in [0.05, 0.1) is 61.2 Å². The molecule has 0 spiro atoms. The first-order valence-corrected chi connectivity index (χ1v) is 39.9. The molecule has 9 aromatic carbocycles. The summed E-state index contributed by atoms with van der Waals surface area (Å²) in [5.41, 5.74) is 13.9. The van der Waals surface area contributed by atoms with Crippen molar-refractivity contribution in [3.05, 3.63) is 347 Å². The minimum atomic E-state index is -2.73. The fourth-order valence-corrected chi connectivity index (χ4v) is 16.1. The summed E-state index contributed by atoms with van der Waals surface area (Å²) in [6, 6.07) is 92.5. The number of anilines is 2. The van der Waals surface area contributed by atoms with E-state index in [-0.39, 0.29) is 76.2 Å². The second kappa shape index (κ2) is 35.5. The van der Waals surface area contributed by atoms with Crippen molar-refractivity contribution in [2.75, 3.05) is 49.1 Å². The number of aliphatic imine (C=N–C) groups is 1. The van der Waals surface area contributed by atoms with Gasteiger partial charge in [0.2, 0.25) is 0 Å². The van der Waals surface area contributed by atoms with Crippen LogP contribution in [0.15, 0.2) is 297 Å². The Bertz CT molecular complexity index is 5570. The third-order valence-corrected chi connectivity index (χ3v) is 21.2.